The molecule has 1 saturated heterocycles. The van der Waals surface area contributed by atoms with Gasteiger partial charge in [0.2, 0.25) is 11.8 Å². The number of amides is 2. The van der Waals surface area contributed by atoms with Gasteiger partial charge < -0.3 is 15.0 Å². The molecule has 152 valence electrons. The van der Waals surface area contributed by atoms with Crippen LogP contribution in [0, 0.1) is 11.8 Å². The number of anilines is 1. The molecule has 1 aliphatic carbocycles. The molecule has 3 atom stereocenters. The van der Waals surface area contributed by atoms with Crippen molar-refractivity contribution in [3.05, 3.63) is 54.6 Å². The number of nitrogens with zero attached hydrogens (tertiary/aromatic N) is 1. The smallest absolute Gasteiger partial charge is 0.228 e. The molecule has 1 aliphatic heterocycles. The topological polar surface area (TPSA) is 58.6 Å². The molecule has 2 fully saturated rings. The van der Waals surface area contributed by atoms with E-state index in [1.807, 2.05) is 59.5 Å². The Bertz CT molecular complexity index is 850. The zero-order valence-corrected chi connectivity index (χ0v) is 16.8. The summed E-state index contributed by atoms with van der Waals surface area (Å²) in [4.78, 5) is 27.5. The summed E-state index contributed by atoms with van der Waals surface area (Å²) in [6, 6.07) is 17.2. The fourth-order valence-electron chi connectivity index (χ4n) is 4.15. The van der Waals surface area contributed by atoms with Crippen molar-refractivity contribution >= 4 is 17.5 Å². The Balaban J connectivity index is 1.30. The summed E-state index contributed by atoms with van der Waals surface area (Å²) in [7, 11) is 0. The lowest BCUT2D eigenvalue weighted by atomic mass is 9.99. The van der Waals surface area contributed by atoms with Crippen LogP contribution in [-0.4, -0.2) is 29.3 Å². The molecule has 4 rings (SSSR count). The van der Waals surface area contributed by atoms with E-state index in [2.05, 4.69) is 12.2 Å². The van der Waals surface area contributed by atoms with E-state index < -0.39 is 0 Å². The lowest BCUT2D eigenvalue weighted by Gasteiger charge is -2.35. The molecule has 0 radical (unpaired) electrons. The zero-order valence-electron chi connectivity index (χ0n) is 16.8. The summed E-state index contributed by atoms with van der Waals surface area (Å²) >= 11 is 0. The van der Waals surface area contributed by atoms with Gasteiger partial charge in [-0.2, -0.15) is 0 Å². The van der Waals surface area contributed by atoms with Crippen molar-refractivity contribution in [2.75, 3.05) is 11.9 Å². The van der Waals surface area contributed by atoms with E-state index in [1.54, 1.807) is 0 Å². The summed E-state index contributed by atoms with van der Waals surface area (Å²) < 4.78 is 5.77. The molecule has 5 nitrogen and oxygen atoms in total. The minimum atomic E-state index is -0.206. The Morgan fingerprint density at radius 1 is 1.00 bits per heavy atom. The molecule has 2 aromatic rings. The molecule has 1 N–H and O–H groups in total. The number of rotatable bonds is 6. The van der Waals surface area contributed by atoms with E-state index in [0.717, 1.165) is 37.2 Å². The SMILES string of the molecule is CCC1CCCCN1C(=O)C1CC1C(=O)Nc1ccc(Oc2ccccc2)cc1. The third-order valence-corrected chi connectivity index (χ3v) is 5.93. The maximum Gasteiger partial charge on any atom is 0.228 e. The van der Waals surface area contributed by atoms with Crippen molar-refractivity contribution in [1.82, 2.24) is 4.90 Å². The third kappa shape index (κ3) is 4.61. The summed E-state index contributed by atoms with van der Waals surface area (Å²) in [6.45, 7) is 2.98. The monoisotopic (exact) mass is 392 g/mol. The summed E-state index contributed by atoms with van der Waals surface area (Å²) in [6.07, 6.45) is 5.01. The minimum absolute atomic E-state index is 0.0647. The molecule has 5 heteroatoms. The van der Waals surface area contributed by atoms with Gasteiger partial charge >= 0.3 is 0 Å². The fourth-order valence-corrected chi connectivity index (χ4v) is 4.15. The van der Waals surface area contributed by atoms with Crippen LogP contribution < -0.4 is 10.1 Å². The maximum absolute atomic E-state index is 12.8. The maximum atomic E-state index is 12.8. The van der Waals surface area contributed by atoms with Gasteiger partial charge in [0.25, 0.3) is 0 Å². The number of nitrogens with one attached hydrogen (secondary N) is 1. The van der Waals surface area contributed by atoms with Gasteiger partial charge in [0.1, 0.15) is 11.5 Å². The Morgan fingerprint density at radius 3 is 2.45 bits per heavy atom. The standard InChI is InChI=1S/C24H28N2O3/c1-2-18-8-6-7-15-26(18)24(28)22-16-21(22)23(27)25-17-11-13-20(14-12-17)29-19-9-4-3-5-10-19/h3-5,9-14,18,21-22H,2,6-8,15-16H2,1H3,(H,25,27). The van der Waals surface area contributed by atoms with Crippen LogP contribution in [0.5, 0.6) is 11.5 Å². The van der Waals surface area contributed by atoms with Gasteiger partial charge in [-0.25, -0.2) is 0 Å². The predicted molar refractivity (Wildman–Crippen MR) is 113 cm³/mol. The van der Waals surface area contributed by atoms with Crippen molar-refractivity contribution in [2.24, 2.45) is 11.8 Å². The molecule has 1 saturated carbocycles. The molecule has 0 spiro atoms. The number of hydrogen-bond acceptors (Lipinski definition) is 3. The van der Waals surface area contributed by atoms with E-state index in [0.29, 0.717) is 18.2 Å². The second-order valence-corrected chi connectivity index (χ2v) is 7.97. The van der Waals surface area contributed by atoms with Gasteiger partial charge in [-0.1, -0.05) is 25.1 Å². The highest BCUT2D eigenvalue weighted by Gasteiger charge is 2.50. The molecular weight excluding hydrogens is 364 g/mol. The normalized spacial score (nSPS) is 23.3. The number of benzene rings is 2. The van der Waals surface area contributed by atoms with Gasteiger partial charge in [0, 0.05) is 18.3 Å². The number of carbonyl (C=O) groups is 2. The van der Waals surface area contributed by atoms with Crippen LogP contribution in [0.4, 0.5) is 5.69 Å². The highest BCUT2D eigenvalue weighted by molar-refractivity contribution is 5.99. The number of carbonyl (C=O) groups excluding carboxylic acids is 2. The van der Waals surface area contributed by atoms with E-state index in [9.17, 15) is 9.59 Å². The molecule has 3 unspecified atom stereocenters. The Hall–Kier alpha value is -2.82. The van der Waals surface area contributed by atoms with Crippen molar-refractivity contribution in [3.8, 4) is 11.5 Å². The average Bonchev–Trinajstić information content (AvgIpc) is 3.56. The molecule has 2 aromatic carbocycles. The summed E-state index contributed by atoms with van der Waals surface area (Å²) in [5.41, 5.74) is 0.720. The summed E-state index contributed by atoms with van der Waals surface area (Å²) in [5, 5.41) is 2.94. The summed E-state index contributed by atoms with van der Waals surface area (Å²) in [5.74, 6) is 1.23. The van der Waals surface area contributed by atoms with Crippen molar-refractivity contribution in [2.45, 2.75) is 45.1 Å². The first kappa shape index (κ1) is 19.5. The molecule has 0 aromatic heterocycles. The average molecular weight is 392 g/mol. The van der Waals surface area contributed by atoms with E-state index in [4.69, 9.17) is 4.74 Å². The fraction of sp³-hybridized carbons (Fsp3) is 0.417. The lowest BCUT2D eigenvalue weighted by molar-refractivity contribution is -0.137. The molecule has 29 heavy (non-hydrogen) atoms. The van der Waals surface area contributed by atoms with Gasteiger partial charge in [-0.15, -0.1) is 0 Å². The Kier molecular flexibility index (Phi) is 5.84. The minimum Gasteiger partial charge on any atom is -0.457 e. The number of piperidine rings is 1. The zero-order chi connectivity index (χ0) is 20.2. The van der Waals surface area contributed by atoms with E-state index in [-0.39, 0.29) is 23.7 Å². The second-order valence-electron chi connectivity index (χ2n) is 7.97. The lowest BCUT2D eigenvalue weighted by Crippen LogP contribution is -2.44. The van der Waals surface area contributed by atoms with Crippen LogP contribution in [0.3, 0.4) is 0 Å². The first-order valence-electron chi connectivity index (χ1n) is 10.6. The quantitative estimate of drug-likeness (QED) is 0.765. The Morgan fingerprint density at radius 2 is 1.72 bits per heavy atom. The van der Waals surface area contributed by atoms with Crippen molar-refractivity contribution in [1.29, 1.82) is 0 Å². The predicted octanol–water partition coefficient (Wildman–Crippen LogP) is 4.84. The van der Waals surface area contributed by atoms with E-state index in [1.165, 1.54) is 6.42 Å². The largest absolute Gasteiger partial charge is 0.457 e. The number of hydrogen-bond donors (Lipinski definition) is 1. The van der Waals surface area contributed by atoms with Crippen LogP contribution in [0.2, 0.25) is 0 Å². The first-order valence-corrected chi connectivity index (χ1v) is 10.6. The van der Waals surface area contributed by atoms with Gasteiger partial charge in [-0.3, -0.25) is 9.59 Å². The molecule has 2 amide bonds. The number of para-hydroxylation sites is 1. The molecule has 0 bridgehead atoms. The highest BCUT2D eigenvalue weighted by atomic mass is 16.5. The molecule has 2 aliphatic rings. The van der Waals surface area contributed by atoms with Gasteiger partial charge in [0.15, 0.2) is 0 Å². The van der Waals surface area contributed by atoms with Crippen LogP contribution >= 0.6 is 0 Å². The molecular formula is C24H28N2O3. The number of likely N-dealkylation sites (tertiary alicyclic amines) is 1. The first-order chi connectivity index (χ1) is 14.2. The van der Waals surface area contributed by atoms with Crippen LogP contribution in [0.1, 0.15) is 39.0 Å². The van der Waals surface area contributed by atoms with Gasteiger partial charge in [-0.05, 0) is 68.5 Å². The van der Waals surface area contributed by atoms with E-state index >= 15 is 0 Å². The van der Waals surface area contributed by atoms with Gasteiger partial charge in [0.05, 0.1) is 11.8 Å². The van der Waals surface area contributed by atoms with Crippen molar-refractivity contribution in [3.63, 3.8) is 0 Å². The van der Waals surface area contributed by atoms with Crippen LogP contribution in [-0.2, 0) is 9.59 Å². The third-order valence-electron chi connectivity index (χ3n) is 5.93. The number of ether oxygens (including phenoxy) is 1. The highest BCUT2D eigenvalue weighted by Crippen LogP contribution is 2.42. The van der Waals surface area contributed by atoms with Crippen LogP contribution in [0.25, 0.3) is 0 Å². The van der Waals surface area contributed by atoms with Crippen molar-refractivity contribution < 1.29 is 14.3 Å². The molecule has 1 heterocycles. The second kappa shape index (κ2) is 8.68. The Labute approximate surface area is 172 Å². The van der Waals surface area contributed by atoms with Crippen LogP contribution in [0.15, 0.2) is 54.6 Å².